The van der Waals surface area contributed by atoms with Crippen LogP contribution in [-0.2, 0) is 9.59 Å². The van der Waals surface area contributed by atoms with Crippen LogP contribution in [0.15, 0.2) is 48.5 Å². The van der Waals surface area contributed by atoms with E-state index in [9.17, 15) is 9.59 Å². The predicted molar refractivity (Wildman–Crippen MR) is 117 cm³/mol. The largest absolute Gasteiger partial charge is 0.350 e. The van der Waals surface area contributed by atoms with Gasteiger partial charge in [0.05, 0.1) is 10.5 Å². The molecule has 2 amide bonds. The zero-order valence-electron chi connectivity index (χ0n) is 16.8. The highest BCUT2D eigenvalue weighted by atomic mass is 79.9. The lowest BCUT2D eigenvalue weighted by atomic mass is 9.86. The Bertz CT molecular complexity index is 874. The molecule has 28 heavy (non-hydrogen) atoms. The van der Waals surface area contributed by atoms with Crippen molar-refractivity contribution in [1.29, 1.82) is 0 Å². The number of aryl methyl sites for hydroxylation is 1. The molecule has 0 bridgehead atoms. The van der Waals surface area contributed by atoms with Crippen LogP contribution in [0.3, 0.4) is 0 Å². The van der Waals surface area contributed by atoms with E-state index in [0.717, 1.165) is 16.8 Å². The molecule has 5 heteroatoms. The molecule has 0 aromatic heterocycles. The lowest BCUT2D eigenvalue weighted by Gasteiger charge is -2.28. The normalized spacial score (nSPS) is 19.8. The molecule has 3 rings (SSSR count). The monoisotopic (exact) mass is 442 g/mol. The van der Waals surface area contributed by atoms with Crippen molar-refractivity contribution in [1.82, 2.24) is 5.32 Å². The van der Waals surface area contributed by atoms with Crippen molar-refractivity contribution in [2.24, 2.45) is 0 Å². The first kappa shape index (κ1) is 20.6. The second kappa shape index (κ2) is 8.08. The van der Waals surface area contributed by atoms with E-state index in [-0.39, 0.29) is 34.6 Å². The number of benzene rings is 2. The summed E-state index contributed by atoms with van der Waals surface area (Å²) in [4.78, 5) is 27.2. The van der Waals surface area contributed by atoms with Gasteiger partial charge in [-0.2, -0.15) is 0 Å². The number of para-hydroxylation sites is 1. The number of amides is 2. The predicted octanol–water partition coefficient (Wildman–Crippen LogP) is 4.54. The topological polar surface area (TPSA) is 49.4 Å². The Morgan fingerprint density at radius 3 is 2.46 bits per heavy atom. The number of nitrogens with zero attached hydrogens (tertiary/aromatic N) is 1. The summed E-state index contributed by atoms with van der Waals surface area (Å²) in [5.41, 5.74) is 3.77. The lowest BCUT2D eigenvalue weighted by Crippen LogP contribution is -2.48. The summed E-state index contributed by atoms with van der Waals surface area (Å²) in [7, 11) is 0. The molecule has 0 aliphatic carbocycles. The molecule has 2 unspecified atom stereocenters. The number of carbonyl (C=O) groups is 2. The van der Waals surface area contributed by atoms with E-state index in [1.165, 1.54) is 5.56 Å². The molecule has 0 radical (unpaired) electrons. The highest BCUT2D eigenvalue weighted by Crippen LogP contribution is 2.42. The van der Waals surface area contributed by atoms with Crippen molar-refractivity contribution in [3.63, 3.8) is 0 Å². The molecule has 0 fully saturated rings. The van der Waals surface area contributed by atoms with Crippen LogP contribution < -0.4 is 10.2 Å². The van der Waals surface area contributed by atoms with E-state index in [2.05, 4.69) is 39.4 Å². The van der Waals surface area contributed by atoms with E-state index in [4.69, 9.17) is 0 Å². The van der Waals surface area contributed by atoms with E-state index in [1.54, 1.807) is 4.90 Å². The summed E-state index contributed by atoms with van der Waals surface area (Å²) in [5, 5.41) is 2.97. The number of rotatable bonds is 3. The van der Waals surface area contributed by atoms with Crippen LogP contribution >= 0.6 is 15.9 Å². The van der Waals surface area contributed by atoms with E-state index < -0.39 is 0 Å². The molecule has 1 heterocycles. The van der Waals surface area contributed by atoms with Crippen molar-refractivity contribution in [3.05, 3.63) is 65.2 Å². The van der Waals surface area contributed by atoms with E-state index in [0.29, 0.717) is 6.42 Å². The van der Waals surface area contributed by atoms with Gasteiger partial charge in [-0.25, -0.2) is 0 Å². The highest BCUT2D eigenvalue weighted by Gasteiger charge is 2.36. The fourth-order valence-corrected chi connectivity index (χ4v) is 4.43. The van der Waals surface area contributed by atoms with Gasteiger partial charge in [0.15, 0.2) is 0 Å². The maximum absolute atomic E-state index is 13.2. The number of anilines is 1. The van der Waals surface area contributed by atoms with Crippen LogP contribution in [0.4, 0.5) is 5.69 Å². The maximum Gasteiger partial charge on any atom is 0.241 e. The second-order valence-corrected chi connectivity index (χ2v) is 9.51. The number of nitrogens with one attached hydrogen (secondary N) is 1. The van der Waals surface area contributed by atoms with E-state index >= 15 is 0 Å². The fraction of sp³-hybridized carbons (Fsp3) is 0.391. The smallest absolute Gasteiger partial charge is 0.241 e. The fourth-order valence-electron chi connectivity index (χ4n) is 3.80. The van der Waals surface area contributed by atoms with Crippen molar-refractivity contribution >= 4 is 33.4 Å². The highest BCUT2D eigenvalue weighted by molar-refractivity contribution is 9.10. The van der Waals surface area contributed by atoms with Gasteiger partial charge in [-0.05, 0) is 50.8 Å². The third kappa shape index (κ3) is 4.46. The van der Waals surface area contributed by atoms with Crippen LogP contribution in [-0.4, -0.2) is 28.7 Å². The van der Waals surface area contributed by atoms with Gasteiger partial charge in [0.2, 0.25) is 11.8 Å². The number of halogens is 1. The van der Waals surface area contributed by atoms with Gasteiger partial charge in [0, 0.05) is 11.5 Å². The summed E-state index contributed by atoms with van der Waals surface area (Å²) in [5.74, 6) is -0.147. The molecule has 1 N–H and O–H groups in total. The summed E-state index contributed by atoms with van der Waals surface area (Å²) in [6, 6.07) is 16.3. The van der Waals surface area contributed by atoms with Gasteiger partial charge in [-0.15, -0.1) is 0 Å². The van der Waals surface area contributed by atoms with Gasteiger partial charge < -0.3 is 10.2 Å². The van der Waals surface area contributed by atoms with Crippen molar-refractivity contribution in [2.45, 2.75) is 50.4 Å². The van der Waals surface area contributed by atoms with Gasteiger partial charge >= 0.3 is 0 Å². The van der Waals surface area contributed by atoms with Crippen LogP contribution in [0.1, 0.15) is 49.8 Å². The zero-order chi connectivity index (χ0) is 20.5. The number of carbonyl (C=O) groups excluding carboxylic acids is 2. The van der Waals surface area contributed by atoms with Crippen molar-refractivity contribution in [3.8, 4) is 0 Å². The molecule has 0 saturated carbocycles. The Hall–Kier alpha value is -2.14. The summed E-state index contributed by atoms with van der Waals surface area (Å²) in [6.45, 7) is 7.82. The Morgan fingerprint density at radius 2 is 1.82 bits per heavy atom. The lowest BCUT2D eigenvalue weighted by molar-refractivity contribution is -0.124. The third-order valence-electron chi connectivity index (χ3n) is 4.91. The van der Waals surface area contributed by atoms with Crippen LogP contribution in [0.5, 0.6) is 0 Å². The minimum atomic E-state index is -0.355. The number of hydrogen-bond donors (Lipinski definition) is 1. The standard InChI is InChI=1S/C23H27BrN2O2/c1-15-9-8-12-17-18(16-10-6-5-7-11-16)13-19(24)22(28)26(21(15)17)14-20(27)25-23(2,3)4/h5-12,18-19H,13-14H2,1-4H3,(H,25,27). The minimum absolute atomic E-state index is 0.0115. The first-order valence-electron chi connectivity index (χ1n) is 9.58. The molecule has 0 saturated heterocycles. The third-order valence-corrected chi connectivity index (χ3v) is 5.67. The maximum atomic E-state index is 13.2. The Kier molecular flexibility index (Phi) is 5.94. The van der Waals surface area contributed by atoms with Crippen LogP contribution in [0, 0.1) is 6.92 Å². The van der Waals surface area contributed by atoms with Gasteiger partial charge in [-0.1, -0.05) is 64.5 Å². The second-order valence-electron chi connectivity index (χ2n) is 8.40. The summed E-state index contributed by atoms with van der Waals surface area (Å²) < 4.78 is 0. The quantitative estimate of drug-likeness (QED) is 0.709. The average Bonchev–Trinajstić information content (AvgIpc) is 2.72. The first-order valence-corrected chi connectivity index (χ1v) is 10.5. The number of hydrogen-bond acceptors (Lipinski definition) is 2. The minimum Gasteiger partial charge on any atom is -0.350 e. The summed E-state index contributed by atoms with van der Waals surface area (Å²) >= 11 is 3.59. The molecular weight excluding hydrogens is 416 g/mol. The Balaban J connectivity index is 2.07. The van der Waals surface area contributed by atoms with Gasteiger partial charge in [0.1, 0.15) is 6.54 Å². The zero-order valence-corrected chi connectivity index (χ0v) is 18.4. The SMILES string of the molecule is Cc1cccc2c1N(CC(=O)NC(C)(C)C)C(=O)C(Br)CC2c1ccccc1. The molecule has 4 nitrogen and oxygen atoms in total. The number of alkyl halides is 1. The average molecular weight is 443 g/mol. The number of fused-ring (bicyclic) bond motifs is 1. The summed E-state index contributed by atoms with van der Waals surface area (Å²) in [6.07, 6.45) is 0.649. The van der Waals surface area contributed by atoms with E-state index in [1.807, 2.05) is 58.0 Å². The van der Waals surface area contributed by atoms with Crippen molar-refractivity contribution < 1.29 is 9.59 Å². The molecule has 1 aliphatic rings. The Labute approximate surface area is 175 Å². The molecule has 1 aliphatic heterocycles. The van der Waals surface area contributed by atoms with Gasteiger partial charge in [-0.3, -0.25) is 9.59 Å². The molecule has 148 valence electrons. The van der Waals surface area contributed by atoms with Gasteiger partial charge in [0.25, 0.3) is 0 Å². The molecular formula is C23H27BrN2O2. The molecule has 2 atom stereocenters. The Morgan fingerprint density at radius 1 is 1.14 bits per heavy atom. The first-order chi connectivity index (χ1) is 13.2. The molecule has 2 aromatic carbocycles. The molecule has 0 spiro atoms. The van der Waals surface area contributed by atoms with Crippen molar-refractivity contribution in [2.75, 3.05) is 11.4 Å². The van der Waals surface area contributed by atoms with Crippen LogP contribution in [0.2, 0.25) is 0 Å². The van der Waals surface area contributed by atoms with Crippen LogP contribution in [0.25, 0.3) is 0 Å². The molecule has 2 aromatic rings.